The minimum atomic E-state index is 0.408. The summed E-state index contributed by atoms with van der Waals surface area (Å²) in [5.74, 6) is 1.04. The smallest absolute Gasteiger partial charge is 0.155 e. The van der Waals surface area contributed by atoms with Gasteiger partial charge in [-0.1, -0.05) is 0 Å². The van der Waals surface area contributed by atoms with E-state index in [-0.39, 0.29) is 0 Å². The fourth-order valence-corrected chi connectivity index (χ4v) is 2.55. The lowest BCUT2D eigenvalue weighted by molar-refractivity contribution is 0.458. The van der Waals surface area contributed by atoms with Gasteiger partial charge in [-0.15, -0.1) is 0 Å². The Morgan fingerprint density at radius 2 is 2.29 bits per heavy atom. The first-order chi connectivity index (χ1) is 10.2. The van der Waals surface area contributed by atoms with Crippen molar-refractivity contribution in [1.82, 2.24) is 19.7 Å². The number of aromatic nitrogens is 3. The number of rotatable bonds is 6. The number of nitrogens with zero attached hydrogens (tertiary/aromatic N) is 3. The van der Waals surface area contributed by atoms with Crippen LogP contribution in [0, 0.1) is 0 Å². The molecule has 0 radical (unpaired) electrons. The molecule has 5 nitrogen and oxygen atoms in total. The van der Waals surface area contributed by atoms with E-state index in [1.165, 1.54) is 0 Å². The third kappa shape index (κ3) is 3.51. The van der Waals surface area contributed by atoms with Crippen LogP contribution >= 0.6 is 15.9 Å². The second-order valence-electron chi connectivity index (χ2n) is 5.09. The molecule has 3 aromatic heterocycles. The molecule has 6 heteroatoms. The molecule has 3 heterocycles. The zero-order valence-corrected chi connectivity index (χ0v) is 13.4. The van der Waals surface area contributed by atoms with Crippen LogP contribution in [-0.4, -0.2) is 20.4 Å². The molecule has 110 valence electrons. The quantitative estimate of drug-likeness (QED) is 0.743. The number of imidazole rings is 1. The Kier molecular flexibility index (Phi) is 4.36. The van der Waals surface area contributed by atoms with Gasteiger partial charge in [0.15, 0.2) is 5.65 Å². The van der Waals surface area contributed by atoms with Crippen molar-refractivity contribution >= 4 is 21.6 Å². The molecule has 1 N–H and O–H groups in total. The SMILES string of the molecule is CC(CCc1ccco1)NCc1cnc2cnc(Br)cn12. The summed E-state index contributed by atoms with van der Waals surface area (Å²) in [4.78, 5) is 8.53. The average molecular weight is 349 g/mol. The fourth-order valence-electron chi connectivity index (χ4n) is 2.24. The van der Waals surface area contributed by atoms with Gasteiger partial charge in [0.1, 0.15) is 10.4 Å². The van der Waals surface area contributed by atoms with E-state index in [2.05, 4.69) is 38.1 Å². The van der Waals surface area contributed by atoms with Gasteiger partial charge in [0.05, 0.1) is 24.4 Å². The number of hydrogen-bond acceptors (Lipinski definition) is 4. The highest BCUT2D eigenvalue weighted by atomic mass is 79.9. The van der Waals surface area contributed by atoms with E-state index < -0.39 is 0 Å². The third-order valence-corrected chi connectivity index (χ3v) is 3.89. The van der Waals surface area contributed by atoms with Crippen molar-refractivity contribution < 1.29 is 4.42 Å². The van der Waals surface area contributed by atoms with Gasteiger partial charge in [0.2, 0.25) is 0 Å². The Labute approximate surface area is 131 Å². The lowest BCUT2D eigenvalue weighted by atomic mass is 10.1. The summed E-state index contributed by atoms with van der Waals surface area (Å²) in [5.41, 5.74) is 1.98. The first-order valence-corrected chi connectivity index (χ1v) is 7.75. The molecular formula is C15H17BrN4O. The number of hydrogen-bond donors (Lipinski definition) is 1. The van der Waals surface area contributed by atoms with Crippen molar-refractivity contribution in [3.63, 3.8) is 0 Å². The molecule has 21 heavy (non-hydrogen) atoms. The fraction of sp³-hybridized carbons (Fsp3) is 0.333. The van der Waals surface area contributed by atoms with Gasteiger partial charge >= 0.3 is 0 Å². The highest BCUT2D eigenvalue weighted by Gasteiger charge is 2.07. The molecule has 3 rings (SSSR count). The maximum Gasteiger partial charge on any atom is 0.155 e. The molecule has 0 amide bonds. The molecule has 0 saturated heterocycles. The maximum atomic E-state index is 5.35. The summed E-state index contributed by atoms with van der Waals surface area (Å²) in [7, 11) is 0. The van der Waals surface area contributed by atoms with E-state index in [4.69, 9.17) is 4.42 Å². The summed E-state index contributed by atoms with van der Waals surface area (Å²) in [6.07, 6.45) is 9.29. The summed E-state index contributed by atoms with van der Waals surface area (Å²) >= 11 is 3.39. The maximum absolute atomic E-state index is 5.35. The second-order valence-corrected chi connectivity index (χ2v) is 5.90. The molecule has 0 aliphatic carbocycles. The Morgan fingerprint density at radius 3 is 3.10 bits per heavy atom. The van der Waals surface area contributed by atoms with Gasteiger partial charge in [-0.2, -0.15) is 0 Å². The molecular weight excluding hydrogens is 332 g/mol. The van der Waals surface area contributed by atoms with E-state index in [9.17, 15) is 0 Å². The number of nitrogens with one attached hydrogen (secondary N) is 1. The van der Waals surface area contributed by atoms with Crippen molar-refractivity contribution in [2.45, 2.75) is 32.4 Å². The highest BCUT2D eigenvalue weighted by molar-refractivity contribution is 9.10. The lowest BCUT2D eigenvalue weighted by Gasteiger charge is -2.12. The van der Waals surface area contributed by atoms with Crippen molar-refractivity contribution in [3.8, 4) is 0 Å². The van der Waals surface area contributed by atoms with Gasteiger partial charge in [-0.25, -0.2) is 9.97 Å². The standard InChI is InChI=1S/C15H17BrN4O/c1-11(4-5-13-3-2-6-21-13)17-7-12-8-19-15-9-18-14(16)10-20(12)15/h2-3,6,8-11,17H,4-5,7H2,1H3. The largest absolute Gasteiger partial charge is 0.469 e. The Hall–Kier alpha value is -1.66. The number of halogens is 1. The zero-order valence-electron chi connectivity index (χ0n) is 11.8. The molecule has 0 fully saturated rings. The molecule has 0 bridgehead atoms. The summed E-state index contributed by atoms with van der Waals surface area (Å²) in [6.45, 7) is 2.96. The van der Waals surface area contributed by atoms with Crippen molar-refractivity contribution in [2.24, 2.45) is 0 Å². The van der Waals surface area contributed by atoms with Gasteiger partial charge < -0.3 is 9.73 Å². The van der Waals surface area contributed by atoms with Crippen LogP contribution in [0.4, 0.5) is 0 Å². The predicted octanol–water partition coefficient (Wildman–Crippen LogP) is 3.20. The summed E-state index contributed by atoms with van der Waals surface area (Å²) < 4.78 is 8.20. The van der Waals surface area contributed by atoms with E-state index in [0.717, 1.165) is 41.1 Å². The predicted molar refractivity (Wildman–Crippen MR) is 84.0 cm³/mol. The van der Waals surface area contributed by atoms with Gasteiger partial charge in [0.25, 0.3) is 0 Å². The van der Waals surface area contributed by atoms with E-state index in [1.807, 2.05) is 28.9 Å². The Balaban J connectivity index is 1.57. The van der Waals surface area contributed by atoms with Crippen molar-refractivity contribution in [3.05, 3.63) is 53.0 Å². The normalized spacial score (nSPS) is 12.9. The Bertz CT molecular complexity index is 708. The van der Waals surface area contributed by atoms with Crippen LogP contribution < -0.4 is 5.32 Å². The zero-order chi connectivity index (χ0) is 14.7. The van der Waals surface area contributed by atoms with E-state index in [1.54, 1.807) is 12.5 Å². The van der Waals surface area contributed by atoms with Crippen LogP contribution in [-0.2, 0) is 13.0 Å². The van der Waals surface area contributed by atoms with Crippen LogP contribution in [0.25, 0.3) is 5.65 Å². The number of aryl methyl sites for hydroxylation is 1. The molecule has 1 unspecified atom stereocenters. The van der Waals surface area contributed by atoms with Crippen LogP contribution in [0.3, 0.4) is 0 Å². The second kappa shape index (κ2) is 6.41. The number of fused-ring (bicyclic) bond motifs is 1. The van der Waals surface area contributed by atoms with Crippen LogP contribution in [0.1, 0.15) is 24.8 Å². The van der Waals surface area contributed by atoms with E-state index in [0.29, 0.717) is 6.04 Å². The molecule has 0 aliphatic heterocycles. The van der Waals surface area contributed by atoms with Crippen LogP contribution in [0.15, 0.2) is 46.0 Å². The molecule has 0 aliphatic rings. The molecule has 0 aromatic carbocycles. The van der Waals surface area contributed by atoms with Crippen LogP contribution in [0.2, 0.25) is 0 Å². The average Bonchev–Trinajstić information content (AvgIpc) is 3.12. The highest BCUT2D eigenvalue weighted by Crippen LogP contribution is 2.11. The lowest BCUT2D eigenvalue weighted by Crippen LogP contribution is -2.26. The number of furan rings is 1. The van der Waals surface area contributed by atoms with Crippen molar-refractivity contribution in [2.75, 3.05) is 0 Å². The first-order valence-electron chi connectivity index (χ1n) is 6.95. The molecule has 0 spiro atoms. The minimum Gasteiger partial charge on any atom is -0.469 e. The van der Waals surface area contributed by atoms with E-state index >= 15 is 0 Å². The topological polar surface area (TPSA) is 55.4 Å². The monoisotopic (exact) mass is 348 g/mol. The van der Waals surface area contributed by atoms with Gasteiger partial charge in [-0.05, 0) is 41.4 Å². The van der Waals surface area contributed by atoms with Gasteiger partial charge in [-0.3, -0.25) is 4.40 Å². The Morgan fingerprint density at radius 1 is 1.38 bits per heavy atom. The molecule has 3 aromatic rings. The molecule has 1 atom stereocenters. The minimum absolute atomic E-state index is 0.408. The van der Waals surface area contributed by atoms with Crippen LogP contribution in [0.5, 0.6) is 0 Å². The first kappa shape index (κ1) is 14.3. The summed E-state index contributed by atoms with van der Waals surface area (Å²) in [5, 5.41) is 3.52. The summed E-state index contributed by atoms with van der Waals surface area (Å²) in [6, 6.07) is 4.35. The van der Waals surface area contributed by atoms with Crippen molar-refractivity contribution in [1.29, 1.82) is 0 Å². The van der Waals surface area contributed by atoms with Gasteiger partial charge in [0, 0.05) is 25.2 Å². The molecule has 0 saturated carbocycles. The third-order valence-electron chi connectivity index (χ3n) is 3.48.